The number of amides is 1. The van der Waals surface area contributed by atoms with Crippen molar-refractivity contribution in [2.24, 2.45) is 0 Å². The maximum absolute atomic E-state index is 12.1. The lowest BCUT2D eigenvalue weighted by atomic mass is 10.2. The van der Waals surface area contributed by atoms with E-state index in [1.165, 1.54) is 6.07 Å². The largest absolute Gasteiger partial charge is 0.478 e. The first-order valence-electron chi connectivity index (χ1n) is 6.18. The van der Waals surface area contributed by atoms with Crippen LogP contribution in [0, 0.1) is 0 Å². The minimum atomic E-state index is -3.69. The lowest BCUT2D eigenvalue weighted by Gasteiger charge is -2.09. The highest BCUT2D eigenvalue weighted by Gasteiger charge is 2.19. The molecule has 0 aromatic heterocycles. The van der Waals surface area contributed by atoms with E-state index in [2.05, 4.69) is 5.32 Å². The fourth-order valence-corrected chi connectivity index (χ4v) is 3.19. The number of nitrogens with one attached hydrogen (secondary N) is 1. The fraction of sp³-hybridized carbons (Fsp3) is 0.385. The highest BCUT2D eigenvalue weighted by atomic mass is 35.5. The minimum absolute atomic E-state index is 0.0653. The summed E-state index contributed by atoms with van der Waals surface area (Å²) in [5.74, 6) is -1.96. The van der Waals surface area contributed by atoms with Gasteiger partial charge in [-0.1, -0.05) is 11.6 Å². The summed E-state index contributed by atoms with van der Waals surface area (Å²) in [6, 6.07) is 3.32. The Bertz CT molecular complexity index is 655. The van der Waals surface area contributed by atoms with Gasteiger partial charge in [-0.25, -0.2) is 13.2 Å². The molecular weight excluding hydrogens is 318 g/mol. The van der Waals surface area contributed by atoms with Gasteiger partial charge in [0, 0.05) is 12.5 Å². The lowest BCUT2D eigenvalue weighted by molar-refractivity contribution is -0.121. The molecule has 0 aliphatic heterocycles. The first-order valence-corrected chi connectivity index (χ1v) is 8.21. The molecule has 0 heterocycles. The van der Waals surface area contributed by atoms with E-state index in [1.807, 2.05) is 0 Å². The number of halogens is 1. The first kappa shape index (κ1) is 17.5. The van der Waals surface area contributed by atoms with E-state index >= 15 is 0 Å². The van der Waals surface area contributed by atoms with Crippen molar-refractivity contribution in [1.82, 2.24) is 5.32 Å². The maximum atomic E-state index is 12.1. The van der Waals surface area contributed by atoms with Crippen molar-refractivity contribution in [3.05, 3.63) is 28.8 Å². The minimum Gasteiger partial charge on any atom is -0.478 e. The van der Waals surface area contributed by atoms with Crippen LogP contribution in [-0.4, -0.2) is 37.2 Å². The molecule has 0 spiro atoms. The van der Waals surface area contributed by atoms with Crippen LogP contribution in [0.25, 0.3) is 0 Å². The molecule has 1 aromatic rings. The van der Waals surface area contributed by atoms with E-state index in [-0.39, 0.29) is 39.6 Å². The summed E-state index contributed by atoms with van der Waals surface area (Å²) in [7, 11) is -3.69. The number of carboxylic acids is 1. The second-order valence-corrected chi connectivity index (χ2v) is 7.25. The van der Waals surface area contributed by atoms with Gasteiger partial charge in [0.1, 0.15) is 0 Å². The summed E-state index contributed by atoms with van der Waals surface area (Å²) in [5, 5.41) is 11.3. The van der Waals surface area contributed by atoms with Crippen molar-refractivity contribution in [3.63, 3.8) is 0 Å². The molecule has 0 saturated heterocycles. The normalized spacial score (nSPS) is 11.4. The SMILES string of the molecule is CC(C)NC(=O)CCS(=O)(=O)c1ccc(C(=O)O)c(Cl)c1. The number of carbonyl (C=O) groups is 2. The van der Waals surface area contributed by atoms with E-state index in [4.69, 9.17) is 16.7 Å². The summed E-state index contributed by atoms with van der Waals surface area (Å²) < 4.78 is 24.1. The second-order valence-electron chi connectivity index (χ2n) is 4.74. The predicted molar refractivity (Wildman–Crippen MR) is 78.4 cm³/mol. The number of carboxylic acid groups (broad SMARTS) is 1. The highest BCUT2D eigenvalue weighted by molar-refractivity contribution is 7.91. The number of sulfone groups is 1. The van der Waals surface area contributed by atoms with Crippen LogP contribution in [-0.2, 0) is 14.6 Å². The zero-order valence-corrected chi connectivity index (χ0v) is 13.2. The molecule has 1 rings (SSSR count). The Morgan fingerprint density at radius 3 is 2.43 bits per heavy atom. The molecule has 1 aromatic carbocycles. The second kappa shape index (κ2) is 6.91. The monoisotopic (exact) mass is 333 g/mol. The summed E-state index contributed by atoms with van der Waals surface area (Å²) in [5.41, 5.74) is -0.173. The molecule has 0 radical (unpaired) electrons. The molecule has 0 saturated carbocycles. The van der Waals surface area contributed by atoms with Gasteiger partial charge in [0.05, 0.1) is 21.2 Å². The van der Waals surface area contributed by atoms with Gasteiger partial charge in [0.15, 0.2) is 9.84 Å². The first-order chi connectivity index (χ1) is 9.63. The van der Waals surface area contributed by atoms with Gasteiger partial charge in [-0.2, -0.15) is 0 Å². The molecule has 2 N–H and O–H groups in total. The molecule has 0 bridgehead atoms. The van der Waals surface area contributed by atoms with Crippen molar-refractivity contribution in [1.29, 1.82) is 0 Å². The van der Waals surface area contributed by atoms with Gasteiger partial charge in [-0.15, -0.1) is 0 Å². The third-order valence-electron chi connectivity index (χ3n) is 2.58. The average Bonchev–Trinajstić information content (AvgIpc) is 2.35. The van der Waals surface area contributed by atoms with Gasteiger partial charge >= 0.3 is 5.97 Å². The Hall–Kier alpha value is -1.60. The smallest absolute Gasteiger partial charge is 0.337 e. The van der Waals surface area contributed by atoms with E-state index in [0.29, 0.717) is 0 Å². The molecular formula is C13H16ClNO5S. The Balaban J connectivity index is 2.86. The average molecular weight is 334 g/mol. The van der Waals surface area contributed by atoms with Gasteiger partial charge < -0.3 is 10.4 Å². The van der Waals surface area contributed by atoms with Gasteiger partial charge in [0.2, 0.25) is 5.91 Å². The van der Waals surface area contributed by atoms with Gasteiger partial charge in [-0.05, 0) is 32.0 Å². The van der Waals surface area contributed by atoms with E-state index in [9.17, 15) is 18.0 Å². The van der Waals surface area contributed by atoms with Crippen LogP contribution in [0.1, 0.15) is 30.6 Å². The maximum Gasteiger partial charge on any atom is 0.337 e. The molecule has 8 heteroatoms. The Morgan fingerprint density at radius 2 is 1.95 bits per heavy atom. The van der Waals surface area contributed by atoms with E-state index in [1.54, 1.807) is 13.8 Å². The number of hydrogen-bond donors (Lipinski definition) is 2. The van der Waals surface area contributed by atoms with Crippen LogP contribution in [0.5, 0.6) is 0 Å². The molecule has 21 heavy (non-hydrogen) atoms. The van der Waals surface area contributed by atoms with Crippen LogP contribution in [0.3, 0.4) is 0 Å². The fourth-order valence-electron chi connectivity index (χ4n) is 1.60. The van der Waals surface area contributed by atoms with Gasteiger partial charge in [-0.3, -0.25) is 4.79 Å². The standard InChI is InChI=1S/C13H16ClNO5S/c1-8(2)15-12(16)5-6-21(19,20)9-3-4-10(13(17)18)11(14)7-9/h3-4,7-8H,5-6H2,1-2H3,(H,15,16)(H,17,18). The third kappa shape index (κ3) is 5.02. The molecule has 0 fully saturated rings. The zero-order valence-electron chi connectivity index (χ0n) is 11.6. The van der Waals surface area contributed by atoms with Crippen molar-refractivity contribution in [2.75, 3.05) is 5.75 Å². The summed E-state index contributed by atoms with van der Waals surface area (Å²) >= 11 is 5.74. The Kier molecular flexibility index (Phi) is 5.74. The number of benzene rings is 1. The molecule has 6 nitrogen and oxygen atoms in total. The van der Waals surface area contributed by atoms with Crippen molar-refractivity contribution in [3.8, 4) is 0 Å². The number of carbonyl (C=O) groups excluding carboxylic acids is 1. The van der Waals surface area contributed by atoms with Crippen LogP contribution >= 0.6 is 11.6 Å². The van der Waals surface area contributed by atoms with Crippen LogP contribution < -0.4 is 5.32 Å². The van der Waals surface area contributed by atoms with E-state index in [0.717, 1.165) is 12.1 Å². The van der Waals surface area contributed by atoms with Crippen LogP contribution in [0.4, 0.5) is 0 Å². The molecule has 0 unspecified atom stereocenters. The molecule has 1 amide bonds. The van der Waals surface area contributed by atoms with E-state index < -0.39 is 15.8 Å². The van der Waals surface area contributed by atoms with Crippen LogP contribution in [0.15, 0.2) is 23.1 Å². The number of aromatic carboxylic acids is 1. The number of hydrogen-bond acceptors (Lipinski definition) is 4. The predicted octanol–water partition coefficient (Wildman–Crippen LogP) is 1.73. The molecule has 116 valence electrons. The Labute approximate surface area is 128 Å². The lowest BCUT2D eigenvalue weighted by Crippen LogP contribution is -2.31. The van der Waals surface area contributed by atoms with Crippen molar-refractivity contribution < 1.29 is 23.1 Å². The molecule has 0 aliphatic rings. The van der Waals surface area contributed by atoms with Crippen LogP contribution in [0.2, 0.25) is 5.02 Å². The summed E-state index contributed by atoms with van der Waals surface area (Å²) in [6.07, 6.45) is -0.168. The highest BCUT2D eigenvalue weighted by Crippen LogP contribution is 2.22. The Morgan fingerprint density at radius 1 is 1.33 bits per heavy atom. The molecule has 0 aliphatic carbocycles. The van der Waals surface area contributed by atoms with Crippen molar-refractivity contribution in [2.45, 2.75) is 31.2 Å². The third-order valence-corrected chi connectivity index (χ3v) is 4.60. The number of rotatable bonds is 6. The van der Waals surface area contributed by atoms with Crippen molar-refractivity contribution >= 4 is 33.3 Å². The topological polar surface area (TPSA) is 101 Å². The quantitative estimate of drug-likeness (QED) is 0.825. The zero-order chi connectivity index (χ0) is 16.2. The summed E-state index contributed by atoms with van der Waals surface area (Å²) in [4.78, 5) is 22.2. The molecule has 0 atom stereocenters. The van der Waals surface area contributed by atoms with Gasteiger partial charge in [0.25, 0.3) is 0 Å². The summed E-state index contributed by atoms with van der Waals surface area (Å²) in [6.45, 7) is 3.55.